The summed E-state index contributed by atoms with van der Waals surface area (Å²) < 4.78 is 17.8. The van der Waals surface area contributed by atoms with Crippen molar-refractivity contribution in [2.45, 2.75) is 40.0 Å². The molecule has 0 fully saturated rings. The molecule has 1 aliphatic rings. The Morgan fingerprint density at radius 3 is 1.81 bits per heavy atom. The average molecular weight is 306 g/mol. The van der Waals surface area contributed by atoms with Gasteiger partial charge in [0.25, 0.3) is 0 Å². The second-order valence-corrected chi connectivity index (χ2v) is 7.69. The predicted octanol–water partition coefficient (Wildman–Crippen LogP) is 3.20. The van der Waals surface area contributed by atoms with E-state index < -0.39 is 8.80 Å². The molecule has 0 spiro atoms. The van der Waals surface area contributed by atoms with Crippen LogP contribution in [-0.2, 0) is 19.7 Å². The maximum Gasteiger partial charge on any atom is 0.537 e. The molecule has 0 unspecified atom stereocenters. The maximum absolute atomic E-state index is 5.93. The zero-order valence-corrected chi connectivity index (χ0v) is 14.4. The van der Waals surface area contributed by atoms with Gasteiger partial charge in [0.2, 0.25) is 0 Å². The quantitative estimate of drug-likeness (QED) is 0.518. The summed E-state index contributed by atoms with van der Waals surface area (Å²) in [5.41, 5.74) is 2.89. The van der Waals surface area contributed by atoms with Crippen molar-refractivity contribution in [3.05, 3.63) is 41.5 Å². The molecular formula is C17H26O3Si. The third-order valence-electron chi connectivity index (χ3n) is 3.64. The molecule has 0 radical (unpaired) electrons. The van der Waals surface area contributed by atoms with E-state index in [1.54, 1.807) is 5.57 Å². The highest BCUT2D eigenvalue weighted by molar-refractivity contribution is 6.75. The summed E-state index contributed by atoms with van der Waals surface area (Å²) >= 11 is 0. The van der Waals surface area contributed by atoms with E-state index in [1.165, 1.54) is 18.4 Å². The molecule has 0 atom stereocenters. The Hall–Kier alpha value is -0.943. The molecule has 1 aromatic carbocycles. The Morgan fingerprint density at radius 2 is 1.43 bits per heavy atom. The lowest BCUT2D eigenvalue weighted by atomic mass is 9.93. The second kappa shape index (κ2) is 7.89. The smallest absolute Gasteiger partial charge is 0.370 e. The number of hydrogen-bond acceptors (Lipinski definition) is 3. The second-order valence-electron chi connectivity index (χ2n) is 5.13. The van der Waals surface area contributed by atoms with E-state index in [9.17, 15) is 0 Å². The molecule has 0 saturated heterocycles. The summed E-state index contributed by atoms with van der Waals surface area (Å²) in [6, 6.07) is 8.57. The van der Waals surface area contributed by atoms with Crippen molar-refractivity contribution in [3.63, 3.8) is 0 Å². The van der Waals surface area contributed by atoms with E-state index in [4.69, 9.17) is 13.3 Å². The summed E-state index contributed by atoms with van der Waals surface area (Å²) in [4.78, 5) is 0. The predicted molar refractivity (Wildman–Crippen MR) is 87.7 cm³/mol. The Labute approximate surface area is 129 Å². The van der Waals surface area contributed by atoms with E-state index in [0.717, 1.165) is 11.6 Å². The number of hydrogen-bond donors (Lipinski definition) is 0. The Balaban J connectivity index is 2.17. The Bertz CT molecular complexity index is 450. The van der Waals surface area contributed by atoms with Crippen LogP contribution in [-0.4, -0.2) is 28.6 Å². The summed E-state index contributed by atoms with van der Waals surface area (Å²) in [6.45, 7) is 7.74. The van der Waals surface area contributed by atoms with Crippen molar-refractivity contribution >= 4 is 14.0 Å². The average Bonchev–Trinajstić information content (AvgIpc) is 2.44. The molecule has 0 bridgehead atoms. The van der Waals surface area contributed by atoms with Crippen LogP contribution in [0.5, 0.6) is 0 Å². The fraction of sp³-hybridized carbons (Fsp3) is 0.529. The molecule has 0 N–H and O–H groups in total. The van der Waals surface area contributed by atoms with Crippen LogP contribution in [0.4, 0.5) is 0 Å². The molecule has 1 aromatic rings. The van der Waals surface area contributed by atoms with Gasteiger partial charge in [-0.3, -0.25) is 0 Å². The van der Waals surface area contributed by atoms with Gasteiger partial charge in [-0.25, -0.2) is 0 Å². The third kappa shape index (κ3) is 4.04. The number of benzene rings is 1. The van der Waals surface area contributed by atoms with E-state index in [-0.39, 0.29) is 0 Å². The van der Waals surface area contributed by atoms with Crippen molar-refractivity contribution < 1.29 is 13.3 Å². The van der Waals surface area contributed by atoms with Gasteiger partial charge >= 0.3 is 8.80 Å². The zero-order valence-electron chi connectivity index (χ0n) is 13.4. The molecule has 1 aliphatic carbocycles. The van der Waals surface area contributed by atoms with Crippen molar-refractivity contribution in [1.29, 1.82) is 0 Å². The maximum atomic E-state index is 5.93. The highest BCUT2D eigenvalue weighted by Gasteiger charge is 2.43. The van der Waals surface area contributed by atoms with Gasteiger partial charge in [-0.15, -0.1) is 0 Å². The van der Waals surface area contributed by atoms with Gasteiger partial charge in [0.15, 0.2) is 0 Å². The molecule has 2 rings (SSSR count). The normalized spacial score (nSPS) is 14.7. The lowest BCUT2D eigenvalue weighted by molar-refractivity contribution is 0.0859. The van der Waals surface area contributed by atoms with E-state index in [2.05, 4.69) is 30.3 Å². The first-order valence-electron chi connectivity index (χ1n) is 7.93. The monoisotopic (exact) mass is 306 g/mol. The van der Waals surface area contributed by atoms with Crippen LogP contribution in [0.2, 0.25) is 0 Å². The van der Waals surface area contributed by atoms with Gasteiger partial charge in [-0.2, -0.15) is 0 Å². The standard InChI is InChI=1S/C17H26O3Si/c1-4-18-21(19-5-2,20-6-3)17-12-10-16(11-13-17)14-15-8-7-9-15/h8,10-13H,4-7,9,14H2,1-3H3. The molecule has 116 valence electrons. The van der Waals surface area contributed by atoms with Gasteiger partial charge in [-0.1, -0.05) is 35.9 Å². The molecule has 0 amide bonds. The Kier molecular flexibility index (Phi) is 6.17. The van der Waals surface area contributed by atoms with Gasteiger partial charge < -0.3 is 13.3 Å². The first-order chi connectivity index (χ1) is 10.2. The van der Waals surface area contributed by atoms with Crippen molar-refractivity contribution in [3.8, 4) is 0 Å². The molecule has 21 heavy (non-hydrogen) atoms. The van der Waals surface area contributed by atoms with Crippen LogP contribution in [0.25, 0.3) is 0 Å². The minimum atomic E-state index is -2.74. The lowest BCUT2D eigenvalue weighted by Gasteiger charge is -2.28. The Morgan fingerprint density at radius 1 is 0.905 bits per heavy atom. The molecule has 0 heterocycles. The van der Waals surface area contributed by atoms with Gasteiger partial charge in [-0.05, 0) is 45.6 Å². The van der Waals surface area contributed by atoms with Crippen LogP contribution in [0.3, 0.4) is 0 Å². The van der Waals surface area contributed by atoms with E-state index in [1.807, 2.05) is 20.8 Å². The largest absolute Gasteiger partial charge is 0.537 e. The highest BCUT2D eigenvalue weighted by Crippen LogP contribution is 2.22. The molecule has 0 aromatic heterocycles. The SMILES string of the molecule is CCO[Si](OCC)(OCC)c1ccc(CC2=CCC2)cc1. The lowest BCUT2D eigenvalue weighted by Crippen LogP contribution is -2.56. The van der Waals surface area contributed by atoms with Crippen LogP contribution in [0, 0.1) is 0 Å². The third-order valence-corrected chi connectivity index (χ3v) is 6.69. The van der Waals surface area contributed by atoms with Crippen LogP contribution >= 0.6 is 0 Å². The zero-order chi connectivity index (χ0) is 15.1. The minimum Gasteiger partial charge on any atom is -0.370 e. The summed E-state index contributed by atoms with van der Waals surface area (Å²) in [6.07, 6.45) is 5.88. The topological polar surface area (TPSA) is 27.7 Å². The number of allylic oxidation sites excluding steroid dienone is 2. The van der Waals surface area contributed by atoms with E-state index in [0.29, 0.717) is 19.8 Å². The van der Waals surface area contributed by atoms with Crippen LogP contribution in [0.1, 0.15) is 39.2 Å². The van der Waals surface area contributed by atoms with Gasteiger partial charge in [0.05, 0.1) is 0 Å². The van der Waals surface area contributed by atoms with E-state index >= 15 is 0 Å². The van der Waals surface area contributed by atoms with Crippen LogP contribution < -0.4 is 5.19 Å². The number of rotatable bonds is 9. The minimum absolute atomic E-state index is 0.598. The molecular weight excluding hydrogens is 280 g/mol. The molecule has 0 aliphatic heterocycles. The van der Waals surface area contributed by atoms with Crippen molar-refractivity contribution in [2.24, 2.45) is 0 Å². The molecule has 3 nitrogen and oxygen atoms in total. The summed E-state index contributed by atoms with van der Waals surface area (Å²) in [5, 5.41) is 1.05. The summed E-state index contributed by atoms with van der Waals surface area (Å²) in [5.74, 6) is 0. The first-order valence-corrected chi connectivity index (χ1v) is 9.65. The fourth-order valence-corrected chi connectivity index (χ4v) is 5.01. The summed E-state index contributed by atoms with van der Waals surface area (Å²) in [7, 11) is -2.74. The van der Waals surface area contributed by atoms with Crippen LogP contribution in [0.15, 0.2) is 35.9 Å². The molecule has 4 heteroatoms. The first kappa shape index (κ1) is 16.4. The highest BCUT2D eigenvalue weighted by atomic mass is 28.4. The van der Waals surface area contributed by atoms with Crippen molar-refractivity contribution in [2.75, 3.05) is 19.8 Å². The molecule has 0 saturated carbocycles. The van der Waals surface area contributed by atoms with Gasteiger partial charge in [0.1, 0.15) is 0 Å². The van der Waals surface area contributed by atoms with Gasteiger partial charge in [0, 0.05) is 25.0 Å². The van der Waals surface area contributed by atoms with Crippen molar-refractivity contribution in [1.82, 2.24) is 0 Å². The fourth-order valence-electron chi connectivity index (χ4n) is 2.54.